The molecule has 2 N–H and O–H groups in total. The number of rotatable bonds is 1. The maximum absolute atomic E-state index is 10.5. The number of aliphatic carboxylic acids is 1. The Kier molecular flexibility index (Phi) is 2.26. The summed E-state index contributed by atoms with van der Waals surface area (Å²) in [6, 6.07) is 0. The molecule has 0 unspecified atom stereocenters. The molecule has 0 aromatic carbocycles. The Morgan fingerprint density at radius 1 is 1.42 bits per heavy atom. The first kappa shape index (κ1) is 8.05. The maximum Gasteiger partial charge on any atom is 0.394 e. The average Bonchev–Trinajstić information content (AvgIpc) is 2.06. The van der Waals surface area contributed by atoms with E-state index in [-0.39, 0.29) is 5.95 Å². The minimum absolute atomic E-state index is 0.134. The maximum atomic E-state index is 10.5. The van der Waals surface area contributed by atoms with Crippen LogP contribution in [-0.2, 0) is 9.59 Å². The number of nitrogens with one attached hydrogen (secondary N) is 1. The first-order chi connectivity index (χ1) is 5.70. The van der Waals surface area contributed by atoms with Crippen molar-refractivity contribution in [2.45, 2.75) is 0 Å². The Balaban J connectivity index is 2.65. The molecule has 1 aromatic heterocycles. The van der Waals surface area contributed by atoms with Crippen molar-refractivity contribution >= 4 is 17.8 Å². The molecule has 1 rings (SSSR count). The zero-order chi connectivity index (χ0) is 8.97. The highest BCUT2D eigenvalue weighted by Gasteiger charge is 2.11. The summed E-state index contributed by atoms with van der Waals surface area (Å²) < 4.78 is 0. The second kappa shape index (κ2) is 3.37. The molecular formula is C5H4N4O3. The number of carboxylic acid groups (broad SMARTS) is 1. The van der Waals surface area contributed by atoms with E-state index in [9.17, 15) is 9.59 Å². The number of nitrogens with zero attached hydrogens (tertiary/aromatic N) is 3. The van der Waals surface area contributed by atoms with Gasteiger partial charge >= 0.3 is 11.9 Å². The van der Waals surface area contributed by atoms with Crippen molar-refractivity contribution < 1.29 is 14.7 Å². The first-order valence-corrected chi connectivity index (χ1v) is 2.88. The lowest BCUT2D eigenvalue weighted by atomic mass is 10.6. The van der Waals surface area contributed by atoms with Crippen LogP contribution in [0.25, 0.3) is 0 Å². The second-order valence-electron chi connectivity index (χ2n) is 1.73. The highest BCUT2D eigenvalue weighted by atomic mass is 16.4. The molecule has 0 aliphatic carbocycles. The topological polar surface area (TPSA) is 105 Å². The quantitative estimate of drug-likeness (QED) is 0.515. The van der Waals surface area contributed by atoms with Gasteiger partial charge in [0.1, 0.15) is 0 Å². The lowest BCUT2D eigenvalue weighted by molar-refractivity contribution is -0.147. The third-order valence-corrected chi connectivity index (χ3v) is 0.902. The van der Waals surface area contributed by atoms with Crippen LogP contribution in [0, 0.1) is 0 Å². The van der Waals surface area contributed by atoms with Crippen LogP contribution in [-0.4, -0.2) is 32.2 Å². The molecule has 1 amide bonds. The minimum atomic E-state index is -1.59. The summed E-state index contributed by atoms with van der Waals surface area (Å²) in [5.41, 5.74) is 0. The first-order valence-electron chi connectivity index (χ1n) is 2.88. The Hall–Kier alpha value is -2.05. The molecular weight excluding hydrogens is 164 g/mol. The summed E-state index contributed by atoms with van der Waals surface area (Å²) in [4.78, 5) is 24.0. The van der Waals surface area contributed by atoms with Gasteiger partial charge in [-0.25, -0.2) is 9.78 Å². The highest BCUT2D eigenvalue weighted by Crippen LogP contribution is 1.90. The van der Waals surface area contributed by atoms with E-state index in [0.717, 1.165) is 0 Å². The SMILES string of the molecule is O=C(O)C(=O)Nc1nccnn1. The molecule has 0 saturated carbocycles. The lowest BCUT2D eigenvalue weighted by Crippen LogP contribution is -2.23. The molecule has 0 atom stereocenters. The van der Waals surface area contributed by atoms with E-state index in [2.05, 4.69) is 15.2 Å². The molecule has 7 heteroatoms. The van der Waals surface area contributed by atoms with E-state index in [4.69, 9.17) is 5.11 Å². The van der Waals surface area contributed by atoms with Crippen LogP contribution in [0.1, 0.15) is 0 Å². The minimum Gasteiger partial charge on any atom is -0.474 e. The zero-order valence-electron chi connectivity index (χ0n) is 5.76. The van der Waals surface area contributed by atoms with Gasteiger partial charge in [0.15, 0.2) is 0 Å². The number of carbonyl (C=O) groups is 2. The fourth-order valence-corrected chi connectivity index (χ4v) is 0.460. The van der Waals surface area contributed by atoms with Crippen molar-refractivity contribution in [3.05, 3.63) is 12.4 Å². The van der Waals surface area contributed by atoms with Gasteiger partial charge in [0.25, 0.3) is 0 Å². The van der Waals surface area contributed by atoms with Gasteiger partial charge in [0, 0.05) is 0 Å². The van der Waals surface area contributed by atoms with Gasteiger partial charge in [0.2, 0.25) is 5.95 Å². The van der Waals surface area contributed by atoms with E-state index >= 15 is 0 Å². The third-order valence-electron chi connectivity index (χ3n) is 0.902. The number of anilines is 1. The second-order valence-corrected chi connectivity index (χ2v) is 1.73. The smallest absolute Gasteiger partial charge is 0.394 e. The van der Waals surface area contributed by atoms with Crippen molar-refractivity contribution in [2.24, 2.45) is 0 Å². The van der Waals surface area contributed by atoms with Crippen LogP contribution in [0.15, 0.2) is 12.4 Å². The van der Waals surface area contributed by atoms with E-state index in [0.29, 0.717) is 0 Å². The Morgan fingerprint density at radius 3 is 2.67 bits per heavy atom. The van der Waals surface area contributed by atoms with Crippen molar-refractivity contribution in [1.82, 2.24) is 15.2 Å². The fraction of sp³-hybridized carbons (Fsp3) is 0. The molecule has 0 spiro atoms. The van der Waals surface area contributed by atoms with Gasteiger partial charge in [-0.1, -0.05) is 0 Å². The van der Waals surface area contributed by atoms with E-state index in [1.165, 1.54) is 12.4 Å². The van der Waals surface area contributed by atoms with Crippen LogP contribution in [0.2, 0.25) is 0 Å². The van der Waals surface area contributed by atoms with Gasteiger partial charge in [-0.2, -0.15) is 5.10 Å². The lowest BCUT2D eigenvalue weighted by Gasteiger charge is -1.95. The Morgan fingerprint density at radius 2 is 2.17 bits per heavy atom. The molecule has 1 aromatic rings. The number of hydrogen-bond acceptors (Lipinski definition) is 5. The predicted octanol–water partition coefficient (Wildman–Crippen LogP) is -1.11. The molecule has 0 aliphatic heterocycles. The van der Waals surface area contributed by atoms with Crippen LogP contribution in [0.4, 0.5) is 5.95 Å². The molecule has 0 bridgehead atoms. The van der Waals surface area contributed by atoms with Crippen LogP contribution >= 0.6 is 0 Å². The van der Waals surface area contributed by atoms with Gasteiger partial charge < -0.3 is 5.11 Å². The molecule has 7 nitrogen and oxygen atoms in total. The number of carbonyl (C=O) groups excluding carboxylic acids is 1. The van der Waals surface area contributed by atoms with Crippen LogP contribution in [0.3, 0.4) is 0 Å². The van der Waals surface area contributed by atoms with E-state index in [1.54, 1.807) is 0 Å². The van der Waals surface area contributed by atoms with Crippen LogP contribution < -0.4 is 5.32 Å². The molecule has 0 saturated heterocycles. The summed E-state index contributed by atoms with van der Waals surface area (Å²) in [7, 11) is 0. The summed E-state index contributed by atoms with van der Waals surface area (Å²) in [5.74, 6) is -2.92. The van der Waals surface area contributed by atoms with Gasteiger partial charge in [-0.3, -0.25) is 10.1 Å². The number of carboxylic acids is 1. The van der Waals surface area contributed by atoms with Gasteiger partial charge in [0.05, 0.1) is 12.4 Å². The van der Waals surface area contributed by atoms with E-state index < -0.39 is 11.9 Å². The van der Waals surface area contributed by atoms with E-state index in [1.807, 2.05) is 5.32 Å². The van der Waals surface area contributed by atoms with Gasteiger partial charge in [-0.15, -0.1) is 5.10 Å². The molecule has 1 heterocycles. The van der Waals surface area contributed by atoms with Crippen molar-refractivity contribution in [3.8, 4) is 0 Å². The molecule has 62 valence electrons. The Bertz CT molecular complexity index is 299. The van der Waals surface area contributed by atoms with Crippen LogP contribution in [0.5, 0.6) is 0 Å². The summed E-state index contributed by atoms with van der Waals surface area (Å²) >= 11 is 0. The molecule has 0 fully saturated rings. The monoisotopic (exact) mass is 168 g/mol. The number of hydrogen-bond donors (Lipinski definition) is 2. The fourth-order valence-electron chi connectivity index (χ4n) is 0.460. The third kappa shape index (κ3) is 1.97. The normalized spacial score (nSPS) is 9.00. The molecule has 0 radical (unpaired) electrons. The standard InChI is InChI=1S/C5H4N4O3/c10-3(4(11)12)8-5-6-1-2-7-9-5/h1-2H,(H,11,12)(H,6,8,9,10). The van der Waals surface area contributed by atoms with Crippen molar-refractivity contribution in [2.75, 3.05) is 5.32 Å². The summed E-state index contributed by atoms with van der Waals surface area (Å²) in [6.07, 6.45) is 2.58. The number of amides is 1. The predicted molar refractivity (Wildman–Crippen MR) is 36.1 cm³/mol. The largest absolute Gasteiger partial charge is 0.474 e. The molecule has 12 heavy (non-hydrogen) atoms. The Labute approximate surface area is 66.5 Å². The van der Waals surface area contributed by atoms with Crippen molar-refractivity contribution in [3.63, 3.8) is 0 Å². The summed E-state index contributed by atoms with van der Waals surface area (Å²) in [5, 5.41) is 16.8. The highest BCUT2D eigenvalue weighted by molar-refractivity contribution is 6.36. The summed E-state index contributed by atoms with van der Waals surface area (Å²) in [6.45, 7) is 0. The molecule has 0 aliphatic rings. The van der Waals surface area contributed by atoms with Crippen molar-refractivity contribution in [1.29, 1.82) is 0 Å². The number of aromatic nitrogens is 3. The zero-order valence-corrected chi connectivity index (χ0v) is 5.76. The van der Waals surface area contributed by atoms with Gasteiger partial charge in [-0.05, 0) is 0 Å². The average molecular weight is 168 g/mol.